The number of hydrogen-bond acceptors (Lipinski definition) is 3. The van der Waals surface area contributed by atoms with Gasteiger partial charge in [0.2, 0.25) is 0 Å². The van der Waals surface area contributed by atoms with Gasteiger partial charge in [0.1, 0.15) is 5.75 Å². The number of amides is 1. The number of para-hydroxylation sites is 1. The van der Waals surface area contributed by atoms with Gasteiger partial charge in [-0.2, -0.15) is 0 Å². The molecule has 4 nitrogen and oxygen atoms in total. The van der Waals surface area contributed by atoms with Crippen molar-refractivity contribution in [1.29, 1.82) is 0 Å². The molecule has 0 saturated heterocycles. The second kappa shape index (κ2) is 10.7. The van der Waals surface area contributed by atoms with Gasteiger partial charge in [-0.15, -0.1) is 0 Å². The standard InChI is InChI=1S/C27H32N2O2/c1-4-18-31-26-19-22(12-15-25(26)21-10-13-23(28)14-11-21)27(30)29(17-16-20(2)3)24-8-6-5-7-9-24/h5-15,19-20H,4,16-18,28H2,1-3H3. The summed E-state index contributed by atoms with van der Waals surface area (Å²) in [6, 6.07) is 23.3. The molecule has 4 heteroatoms. The number of ether oxygens (including phenoxy) is 1. The minimum Gasteiger partial charge on any atom is -0.493 e. The van der Waals surface area contributed by atoms with Crippen molar-refractivity contribution < 1.29 is 9.53 Å². The predicted octanol–water partition coefficient (Wildman–Crippen LogP) is 6.42. The Morgan fingerprint density at radius 3 is 2.35 bits per heavy atom. The van der Waals surface area contributed by atoms with E-state index in [2.05, 4.69) is 20.8 Å². The Hall–Kier alpha value is -3.27. The first-order valence-corrected chi connectivity index (χ1v) is 11.0. The van der Waals surface area contributed by atoms with Crippen molar-refractivity contribution in [2.24, 2.45) is 5.92 Å². The molecule has 3 rings (SSSR count). The highest BCUT2D eigenvalue weighted by molar-refractivity contribution is 6.06. The van der Waals surface area contributed by atoms with Gasteiger partial charge < -0.3 is 15.4 Å². The molecule has 3 aromatic carbocycles. The van der Waals surface area contributed by atoms with Gasteiger partial charge in [0.15, 0.2) is 0 Å². The van der Waals surface area contributed by atoms with Gasteiger partial charge in [0, 0.05) is 29.0 Å². The molecule has 162 valence electrons. The van der Waals surface area contributed by atoms with E-state index in [-0.39, 0.29) is 5.91 Å². The summed E-state index contributed by atoms with van der Waals surface area (Å²) in [5.74, 6) is 1.21. The van der Waals surface area contributed by atoms with Crippen LogP contribution in [0.2, 0.25) is 0 Å². The lowest BCUT2D eigenvalue weighted by molar-refractivity contribution is 0.0985. The molecule has 0 fully saturated rings. The molecule has 1 amide bonds. The Morgan fingerprint density at radius 1 is 1.00 bits per heavy atom. The van der Waals surface area contributed by atoms with E-state index in [0.717, 1.165) is 35.3 Å². The van der Waals surface area contributed by atoms with Crippen LogP contribution in [0.25, 0.3) is 11.1 Å². The van der Waals surface area contributed by atoms with Crippen LogP contribution >= 0.6 is 0 Å². The maximum absolute atomic E-state index is 13.5. The van der Waals surface area contributed by atoms with E-state index in [1.165, 1.54) is 0 Å². The lowest BCUT2D eigenvalue weighted by atomic mass is 10.0. The third-order valence-corrected chi connectivity index (χ3v) is 5.16. The Kier molecular flexibility index (Phi) is 7.71. The molecule has 31 heavy (non-hydrogen) atoms. The van der Waals surface area contributed by atoms with Crippen LogP contribution in [0.5, 0.6) is 5.75 Å². The highest BCUT2D eigenvalue weighted by atomic mass is 16.5. The average molecular weight is 417 g/mol. The Balaban J connectivity index is 1.97. The molecule has 0 heterocycles. The van der Waals surface area contributed by atoms with Crippen LogP contribution in [0.1, 0.15) is 44.0 Å². The van der Waals surface area contributed by atoms with Crippen LogP contribution in [-0.2, 0) is 0 Å². The number of nitrogens with two attached hydrogens (primary N) is 1. The highest BCUT2D eigenvalue weighted by Gasteiger charge is 2.20. The van der Waals surface area contributed by atoms with Crippen molar-refractivity contribution in [3.63, 3.8) is 0 Å². The largest absolute Gasteiger partial charge is 0.493 e. The number of carbonyl (C=O) groups is 1. The minimum atomic E-state index is -0.0166. The van der Waals surface area contributed by atoms with Crippen LogP contribution in [-0.4, -0.2) is 19.1 Å². The molecule has 0 saturated carbocycles. The van der Waals surface area contributed by atoms with Crippen molar-refractivity contribution in [1.82, 2.24) is 0 Å². The van der Waals surface area contributed by atoms with Crippen molar-refractivity contribution in [3.8, 4) is 16.9 Å². The second-order valence-electron chi connectivity index (χ2n) is 8.16. The van der Waals surface area contributed by atoms with Crippen molar-refractivity contribution in [2.75, 3.05) is 23.8 Å². The van der Waals surface area contributed by atoms with Crippen LogP contribution in [0.4, 0.5) is 11.4 Å². The topological polar surface area (TPSA) is 55.6 Å². The number of nitrogen functional groups attached to an aromatic ring is 1. The first-order chi connectivity index (χ1) is 15.0. The van der Waals surface area contributed by atoms with E-state index < -0.39 is 0 Å². The fourth-order valence-electron chi connectivity index (χ4n) is 3.39. The zero-order valence-corrected chi connectivity index (χ0v) is 18.7. The molecule has 0 bridgehead atoms. The summed E-state index contributed by atoms with van der Waals surface area (Å²) in [7, 11) is 0. The molecule has 0 aliphatic rings. The third-order valence-electron chi connectivity index (χ3n) is 5.16. The number of anilines is 2. The summed E-state index contributed by atoms with van der Waals surface area (Å²) in [6.45, 7) is 7.68. The number of carbonyl (C=O) groups excluding carboxylic acids is 1. The monoisotopic (exact) mass is 416 g/mol. The summed E-state index contributed by atoms with van der Waals surface area (Å²) < 4.78 is 6.04. The molecule has 0 spiro atoms. The van der Waals surface area contributed by atoms with Gasteiger partial charge in [-0.1, -0.05) is 51.1 Å². The third kappa shape index (κ3) is 5.88. The molecule has 0 radical (unpaired) electrons. The van der Waals surface area contributed by atoms with Crippen molar-refractivity contribution in [3.05, 3.63) is 78.4 Å². The Morgan fingerprint density at radius 2 is 1.71 bits per heavy atom. The summed E-state index contributed by atoms with van der Waals surface area (Å²) >= 11 is 0. The quantitative estimate of drug-likeness (QED) is 0.410. The zero-order chi connectivity index (χ0) is 22.2. The van der Waals surface area contributed by atoms with Crippen molar-refractivity contribution >= 4 is 17.3 Å². The van der Waals surface area contributed by atoms with E-state index in [1.807, 2.05) is 77.7 Å². The van der Waals surface area contributed by atoms with E-state index in [9.17, 15) is 4.79 Å². The lowest BCUT2D eigenvalue weighted by Crippen LogP contribution is -2.32. The normalized spacial score (nSPS) is 10.8. The molecule has 2 N–H and O–H groups in total. The van der Waals surface area contributed by atoms with E-state index in [1.54, 1.807) is 0 Å². The first kappa shape index (κ1) is 22.4. The molecule has 3 aromatic rings. The summed E-state index contributed by atoms with van der Waals surface area (Å²) in [5, 5.41) is 0. The first-order valence-electron chi connectivity index (χ1n) is 11.0. The molecule has 0 unspecified atom stereocenters. The van der Waals surface area contributed by atoms with E-state index >= 15 is 0 Å². The average Bonchev–Trinajstić information content (AvgIpc) is 2.78. The van der Waals surface area contributed by atoms with E-state index in [0.29, 0.717) is 30.4 Å². The highest BCUT2D eigenvalue weighted by Crippen LogP contribution is 2.32. The number of rotatable bonds is 9. The van der Waals surface area contributed by atoms with Gasteiger partial charge in [-0.25, -0.2) is 0 Å². The molecule has 0 aliphatic heterocycles. The maximum Gasteiger partial charge on any atom is 0.258 e. The van der Waals surface area contributed by atoms with E-state index in [4.69, 9.17) is 10.5 Å². The fraction of sp³-hybridized carbons (Fsp3) is 0.296. The van der Waals surface area contributed by atoms with Crippen LogP contribution in [0, 0.1) is 5.92 Å². The number of nitrogens with zero attached hydrogens (tertiary/aromatic N) is 1. The molecular formula is C27H32N2O2. The van der Waals surface area contributed by atoms with Gasteiger partial charge in [0.05, 0.1) is 6.61 Å². The van der Waals surface area contributed by atoms with Crippen LogP contribution < -0.4 is 15.4 Å². The molecular weight excluding hydrogens is 384 g/mol. The van der Waals surface area contributed by atoms with Gasteiger partial charge >= 0.3 is 0 Å². The second-order valence-corrected chi connectivity index (χ2v) is 8.16. The zero-order valence-electron chi connectivity index (χ0n) is 18.7. The Bertz CT molecular complexity index is 982. The maximum atomic E-state index is 13.5. The lowest BCUT2D eigenvalue weighted by Gasteiger charge is -2.24. The number of benzene rings is 3. The van der Waals surface area contributed by atoms with Crippen molar-refractivity contribution in [2.45, 2.75) is 33.6 Å². The number of hydrogen-bond donors (Lipinski definition) is 1. The Labute approximate surface area is 185 Å². The van der Waals surface area contributed by atoms with Crippen LogP contribution in [0.3, 0.4) is 0 Å². The minimum absolute atomic E-state index is 0.0166. The fourth-order valence-corrected chi connectivity index (χ4v) is 3.39. The summed E-state index contributed by atoms with van der Waals surface area (Å²) in [5.41, 5.74) is 10.1. The molecule has 0 atom stereocenters. The molecule has 0 aromatic heterocycles. The SMILES string of the molecule is CCCOc1cc(C(=O)N(CCC(C)C)c2ccccc2)ccc1-c1ccc(N)cc1. The van der Waals surface area contributed by atoms with Crippen LogP contribution in [0.15, 0.2) is 72.8 Å². The smallest absolute Gasteiger partial charge is 0.258 e. The summed E-state index contributed by atoms with van der Waals surface area (Å²) in [4.78, 5) is 15.4. The van der Waals surface area contributed by atoms with Gasteiger partial charge in [-0.3, -0.25) is 4.79 Å². The summed E-state index contributed by atoms with van der Waals surface area (Å²) in [6.07, 6.45) is 1.83. The van der Waals surface area contributed by atoms with Gasteiger partial charge in [-0.05, 0) is 66.8 Å². The van der Waals surface area contributed by atoms with Gasteiger partial charge in [0.25, 0.3) is 5.91 Å². The molecule has 0 aliphatic carbocycles. The predicted molar refractivity (Wildman–Crippen MR) is 130 cm³/mol.